The maximum atomic E-state index is 11.6. The van der Waals surface area contributed by atoms with E-state index in [4.69, 9.17) is 0 Å². The normalized spacial score (nSPS) is 13.1. The first-order chi connectivity index (χ1) is 8.00. The lowest BCUT2D eigenvalue weighted by atomic mass is 10.1. The third kappa shape index (κ3) is 3.83. The highest BCUT2D eigenvalue weighted by atomic mass is 32.2. The van der Waals surface area contributed by atoms with Crippen molar-refractivity contribution in [3.63, 3.8) is 0 Å². The van der Waals surface area contributed by atoms with E-state index in [0.717, 1.165) is 0 Å². The second-order valence-corrected chi connectivity index (χ2v) is 5.43. The second-order valence-electron chi connectivity index (χ2n) is 3.39. The van der Waals surface area contributed by atoms with Crippen molar-refractivity contribution in [2.45, 2.75) is 13.0 Å². The number of benzene rings is 1. The molecule has 0 spiro atoms. The molecule has 17 heavy (non-hydrogen) atoms. The van der Waals surface area contributed by atoms with Crippen molar-refractivity contribution in [3.05, 3.63) is 35.9 Å². The Bertz CT molecular complexity index is 470. The maximum absolute atomic E-state index is 11.6. The van der Waals surface area contributed by atoms with Crippen LogP contribution in [-0.4, -0.2) is 27.2 Å². The van der Waals surface area contributed by atoms with Crippen molar-refractivity contribution < 1.29 is 17.9 Å². The summed E-state index contributed by atoms with van der Waals surface area (Å²) >= 11 is 0. The van der Waals surface area contributed by atoms with Crippen LogP contribution in [0.1, 0.15) is 18.5 Å². The van der Waals surface area contributed by atoms with Crippen LogP contribution in [-0.2, 0) is 19.6 Å². The van der Waals surface area contributed by atoms with Crippen molar-refractivity contribution in [2.24, 2.45) is 0 Å². The Labute approximate surface area is 101 Å². The highest BCUT2D eigenvalue weighted by Gasteiger charge is 2.25. The first-order valence-corrected chi connectivity index (χ1v) is 6.78. The molecule has 0 fully saturated rings. The molecule has 1 unspecified atom stereocenters. The fourth-order valence-corrected chi connectivity index (χ4v) is 2.04. The average Bonchev–Trinajstić information content (AvgIpc) is 2.36. The lowest BCUT2D eigenvalue weighted by molar-refractivity contribution is -0.142. The molecular formula is C11H15NO4S. The molecule has 1 aromatic rings. The molecule has 94 valence electrons. The smallest absolute Gasteiger partial charge is 0.328 e. The Hall–Kier alpha value is -1.40. The van der Waals surface area contributed by atoms with Gasteiger partial charge in [0.05, 0.1) is 12.9 Å². The fourth-order valence-electron chi connectivity index (χ4n) is 1.28. The van der Waals surface area contributed by atoms with Crippen molar-refractivity contribution in [3.8, 4) is 0 Å². The summed E-state index contributed by atoms with van der Waals surface area (Å²) in [5.74, 6) is -0.721. The zero-order valence-corrected chi connectivity index (χ0v) is 10.5. The van der Waals surface area contributed by atoms with E-state index in [1.54, 1.807) is 30.3 Å². The maximum Gasteiger partial charge on any atom is 0.328 e. The van der Waals surface area contributed by atoms with Gasteiger partial charge >= 0.3 is 5.97 Å². The molecule has 0 aliphatic carbocycles. The van der Waals surface area contributed by atoms with Crippen molar-refractivity contribution >= 4 is 16.0 Å². The van der Waals surface area contributed by atoms with Gasteiger partial charge in [-0.15, -0.1) is 0 Å². The first kappa shape index (κ1) is 13.7. The van der Waals surface area contributed by atoms with Gasteiger partial charge < -0.3 is 4.74 Å². The standard InChI is InChI=1S/C11H15NO4S/c1-3-17(14,15)12-10(11(13)16-2)9-7-5-4-6-8-9/h4-8,10,12H,3H2,1-2H3. The van der Waals surface area contributed by atoms with Gasteiger partial charge in [0.1, 0.15) is 6.04 Å². The number of carbonyl (C=O) groups is 1. The highest BCUT2D eigenvalue weighted by Crippen LogP contribution is 2.15. The molecule has 1 N–H and O–H groups in total. The Balaban J connectivity index is 3.02. The minimum absolute atomic E-state index is 0.0900. The Morgan fingerprint density at radius 1 is 1.35 bits per heavy atom. The molecule has 0 saturated carbocycles. The fraction of sp³-hybridized carbons (Fsp3) is 0.364. The van der Waals surface area contributed by atoms with E-state index in [2.05, 4.69) is 9.46 Å². The summed E-state index contributed by atoms with van der Waals surface area (Å²) in [4.78, 5) is 11.6. The van der Waals surface area contributed by atoms with Crippen LogP contribution in [0.25, 0.3) is 0 Å². The molecule has 1 atom stereocenters. The van der Waals surface area contributed by atoms with Crippen molar-refractivity contribution in [1.29, 1.82) is 0 Å². The number of methoxy groups -OCH3 is 1. The number of ether oxygens (including phenoxy) is 1. The number of carbonyl (C=O) groups excluding carboxylic acids is 1. The molecule has 0 aromatic heterocycles. The van der Waals surface area contributed by atoms with Gasteiger partial charge in [0.15, 0.2) is 0 Å². The van der Waals surface area contributed by atoms with E-state index in [0.29, 0.717) is 5.56 Å². The topological polar surface area (TPSA) is 72.5 Å². The molecule has 5 nitrogen and oxygen atoms in total. The number of hydrogen-bond acceptors (Lipinski definition) is 4. The quantitative estimate of drug-likeness (QED) is 0.793. The van der Waals surface area contributed by atoms with Gasteiger partial charge in [-0.25, -0.2) is 13.2 Å². The number of rotatable bonds is 5. The second kappa shape index (κ2) is 5.79. The van der Waals surface area contributed by atoms with Crippen LogP contribution >= 0.6 is 0 Å². The summed E-state index contributed by atoms with van der Waals surface area (Å²) in [6.07, 6.45) is 0. The molecule has 1 aromatic carbocycles. The van der Waals surface area contributed by atoms with Crippen LogP contribution < -0.4 is 4.72 Å². The van der Waals surface area contributed by atoms with Crippen LogP contribution in [0.2, 0.25) is 0 Å². The van der Waals surface area contributed by atoms with Crippen molar-refractivity contribution in [2.75, 3.05) is 12.9 Å². The Morgan fingerprint density at radius 3 is 2.41 bits per heavy atom. The molecule has 0 amide bonds. The number of esters is 1. The molecule has 0 aliphatic rings. The van der Waals surface area contributed by atoms with Gasteiger partial charge in [-0.05, 0) is 12.5 Å². The van der Waals surface area contributed by atoms with Crippen LogP contribution in [0.15, 0.2) is 30.3 Å². The number of sulfonamides is 1. The van der Waals surface area contributed by atoms with Gasteiger partial charge in [0.2, 0.25) is 10.0 Å². The van der Waals surface area contributed by atoms with E-state index in [1.807, 2.05) is 0 Å². The Morgan fingerprint density at radius 2 is 1.94 bits per heavy atom. The molecule has 1 rings (SSSR count). The van der Waals surface area contributed by atoms with E-state index in [9.17, 15) is 13.2 Å². The summed E-state index contributed by atoms with van der Waals surface area (Å²) in [6, 6.07) is 7.58. The molecule has 0 aliphatic heterocycles. The predicted molar refractivity (Wildman–Crippen MR) is 63.8 cm³/mol. The van der Waals surface area contributed by atoms with Gasteiger partial charge in [-0.3, -0.25) is 0 Å². The van der Waals surface area contributed by atoms with Gasteiger partial charge in [0, 0.05) is 0 Å². The summed E-state index contributed by atoms with van der Waals surface area (Å²) in [6.45, 7) is 1.50. The average molecular weight is 257 g/mol. The van der Waals surface area contributed by atoms with E-state index in [1.165, 1.54) is 14.0 Å². The third-order valence-corrected chi connectivity index (χ3v) is 3.60. The lowest BCUT2D eigenvalue weighted by Gasteiger charge is -2.16. The zero-order valence-electron chi connectivity index (χ0n) is 9.71. The largest absolute Gasteiger partial charge is 0.468 e. The predicted octanol–water partition coefficient (Wildman–Crippen LogP) is 0.840. The van der Waals surface area contributed by atoms with Crippen LogP contribution in [0.5, 0.6) is 0 Å². The number of nitrogens with one attached hydrogen (secondary N) is 1. The molecule has 0 saturated heterocycles. The minimum atomic E-state index is -3.47. The highest BCUT2D eigenvalue weighted by molar-refractivity contribution is 7.89. The minimum Gasteiger partial charge on any atom is -0.468 e. The van der Waals surface area contributed by atoms with E-state index in [-0.39, 0.29) is 5.75 Å². The summed E-state index contributed by atoms with van der Waals surface area (Å²) in [5.41, 5.74) is 0.552. The van der Waals surface area contributed by atoms with Gasteiger partial charge in [-0.2, -0.15) is 4.72 Å². The van der Waals surface area contributed by atoms with Crippen LogP contribution in [0.4, 0.5) is 0 Å². The molecule has 0 bridgehead atoms. The van der Waals surface area contributed by atoms with Gasteiger partial charge in [0.25, 0.3) is 0 Å². The van der Waals surface area contributed by atoms with Crippen LogP contribution in [0.3, 0.4) is 0 Å². The lowest BCUT2D eigenvalue weighted by Crippen LogP contribution is -2.35. The summed E-state index contributed by atoms with van der Waals surface area (Å²) < 4.78 is 29.9. The molecule has 0 heterocycles. The summed E-state index contributed by atoms with van der Waals surface area (Å²) in [7, 11) is -2.25. The summed E-state index contributed by atoms with van der Waals surface area (Å²) in [5, 5.41) is 0. The van der Waals surface area contributed by atoms with Gasteiger partial charge in [-0.1, -0.05) is 30.3 Å². The first-order valence-electron chi connectivity index (χ1n) is 5.13. The third-order valence-electron chi connectivity index (χ3n) is 2.25. The monoisotopic (exact) mass is 257 g/mol. The van der Waals surface area contributed by atoms with E-state index < -0.39 is 22.0 Å². The molecular weight excluding hydrogens is 242 g/mol. The zero-order chi connectivity index (χ0) is 12.9. The molecule has 0 radical (unpaired) electrons. The number of hydrogen-bond donors (Lipinski definition) is 1. The van der Waals surface area contributed by atoms with Crippen molar-refractivity contribution in [1.82, 2.24) is 4.72 Å². The molecule has 6 heteroatoms. The Kier molecular flexibility index (Phi) is 4.65. The van der Waals surface area contributed by atoms with E-state index >= 15 is 0 Å². The van der Waals surface area contributed by atoms with Crippen LogP contribution in [0, 0.1) is 0 Å². The SMILES string of the molecule is CCS(=O)(=O)NC(C(=O)OC)c1ccccc1.